The van der Waals surface area contributed by atoms with Crippen LogP contribution in [0.4, 0.5) is 17.2 Å². The largest absolute Gasteiger partial charge is 0.495 e. The van der Waals surface area contributed by atoms with E-state index < -0.39 is 0 Å². The summed E-state index contributed by atoms with van der Waals surface area (Å²) < 4.78 is 5.40. The van der Waals surface area contributed by atoms with Gasteiger partial charge in [-0.15, -0.1) is 0 Å². The SMILES string of the molecule is COc1ccc(C)cc1Nc1ncnc(Sc2ccc(C)cc2)c1N. The molecule has 0 fully saturated rings. The fourth-order valence-corrected chi connectivity index (χ4v) is 3.13. The van der Waals surface area contributed by atoms with Crippen LogP contribution in [-0.2, 0) is 0 Å². The predicted molar refractivity (Wildman–Crippen MR) is 103 cm³/mol. The molecule has 0 radical (unpaired) electrons. The highest BCUT2D eigenvalue weighted by Crippen LogP contribution is 2.35. The van der Waals surface area contributed by atoms with Gasteiger partial charge in [-0.05, 0) is 43.7 Å². The van der Waals surface area contributed by atoms with Crippen LogP contribution in [-0.4, -0.2) is 17.1 Å². The topological polar surface area (TPSA) is 73.1 Å². The minimum Gasteiger partial charge on any atom is -0.495 e. The average Bonchev–Trinajstić information content (AvgIpc) is 2.60. The number of nitrogens with zero attached hydrogens (tertiary/aromatic N) is 2. The monoisotopic (exact) mass is 352 g/mol. The molecule has 0 aliphatic carbocycles. The van der Waals surface area contributed by atoms with Crippen LogP contribution in [0.1, 0.15) is 11.1 Å². The number of nitrogen functional groups attached to an aromatic ring is 1. The number of nitrogens with one attached hydrogen (secondary N) is 1. The van der Waals surface area contributed by atoms with E-state index in [0.29, 0.717) is 16.5 Å². The first-order valence-corrected chi connectivity index (χ1v) is 8.65. The Balaban J connectivity index is 1.88. The summed E-state index contributed by atoms with van der Waals surface area (Å²) in [7, 11) is 1.64. The summed E-state index contributed by atoms with van der Waals surface area (Å²) in [4.78, 5) is 9.67. The van der Waals surface area contributed by atoms with Crippen LogP contribution in [0.2, 0.25) is 0 Å². The minimum atomic E-state index is 0.511. The molecule has 0 aliphatic heterocycles. The number of aryl methyl sites for hydroxylation is 2. The van der Waals surface area contributed by atoms with E-state index in [1.807, 2.05) is 25.1 Å². The van der Waals surface area contributed by atoms with Gasteiger partial charge < -0.3 is 15.8 Å². The molecule has 0 aliphatic rings. The fraction of sp³-hybridized carbons (Fsp3) is 0.158. The average molecular weight is 352 g/mol. The van der Waals surface area contributed by atoms with E-state index >= 15 is 0 Å². The molecule has 3 N–H and O–H groups in total. The van der Waals surface area contributed by atoms with Crippen molar-refractivity contribution in [2.45, 2.75) is 23.8 Å². The zero-order valence-electron chi connectivity index (χ0n) is 14.4. The summed E-state index contributed by atoms with van der Waals surface area (Å²) in [5.41, 5.74) is 9.95. The van der Waals surface area contributed by atoms with Gasteiger partial charge in [-0.1, -0.05) is 35.5 Å². The molecule has 6 heteroatoms. The number of benzene rings is 2. The second kappa shape index (κ2) is 7.44. The summed E-state index contributed by atoms with van der Waals surface area (Å²) >= 11 is 1.51. The molecule has 0 unspecified atom stereocenters. The molecule has 128 valence electrons. The number of nitrogens with two attached hydrogens (primary N) is 1. The first-order chi connectivity index (χ1) is 12.1. The van der Waals surface area contributed by atoms with Crippen molar-refractivity contribution in [2.75, 3.05) is 18.2 Å². The molecule has 3 rings (SSSR count). The van der Waals surface area contributed by atoms with E-state index in [0.717, 1.165) is 21.9 Å². The maximum absolute atomic E-state index is 6.29. The Hall–Kier alpha value is -2.73. The summed E-state index contributed by atoms with van der Waals surface area (Å²) in [5, 5.41) is 3.97. The van der Waals surface area contributed by atoms with Gasteiger partial charge in [0.25, 0.3) is 0 Å². The molecule has 0 bridgehead atoms. The van der Waals surface area contributed by atoms with Crippen molar-refractivity contribution in [1.82, 2.24) is 9.97 Å². The number of rotatable bonds is 5. The Bertz CT molecular complexity index is 881. The number of hydrogen-bond acceptors (Lipinski definition) is 6. The van der Waals surface area contributed by atoms with Crippen molar-refractivity contribution in [2.24, 2.45) is 0 Å². The van der Waals surface area contributed by atoms with Gasteiger partial charge in [0.15, 0.2) is 5.82 Å². The third-order valence-corrected chi connectivity index (χ3v) is 4.72. The lowest BCUT2D eigenvalue weighted by molar-refractivity contribution is 0.416. The number of hydrogen-bond donors (Lipinski definition) is 2. The second-order valence-electron chi connectivity index (χ2n) is 5.68. The molecule has 3 aromatic rings. The van der Waals surface area contributed by atoms with Crippen molar-refractivity contribution in [1.29, 1.82) is 0 Å². The van der Waals surface area contributed by atoms with E-state index in [-0.39, 0.29) is 0 Å². The molecular weight excluding hydrogens is 332 g/mol. The van der Waals surface area contributed by atoms with Gasteiger partial charge in [0, 0.05) is 4.90 Å². The Morgan fingerprint density at radius 3 is 2.44 bits per heavy atom. The maximum Gasteiger partial charge on any atom is 0.158 e. The Morgan fingerprint density at radius 1 is 1.00 bits per heavy atom. The van der Waals surface area contributed by atoms with E-state index in [1.54, 1.807) is 7.11 Å². The summed E-state index contributed by atoms with van der Waals surface area (Å²) in [5.74, 6) is 1.30. The number of ether oxygens (including phenoxy) is 1. The summed E-state index contributed by atoms with van der Waals surface area (Å²) in [6, 6.07) is 14.1. The minimum absolute atomic E-state index is 0.511. The lowest BCUT2D eigenvalue weighted by atomic mass is 10.2. The van der Waals surface area contributed by atoms with Crippen LogP contribution in [0.15, 0.2) is 58.7 Å². The van der Waals surface area contributed by atoms with E-state index in [9.17, 15) is 0 Å². The van der Waals surface area contributed by atoms with Gasteiger partial charge in [-0.25, -0.2) is 9.97 Å². The molecular formula is C19H20N4OS. The lowest BCUT2D eigenvalue weighted by Gasteiger charge is -2.14. The van der Waals surface area contributed by atoms with Crippen LogP contribution in [0.3, 0.4) is 0 Å². The highest BCUT2D eigenvalue weighted by Gasteiger charge is 2.12. The highest BCUT2D eigenvalue weighted by atomic mass is 32.2. The zero-order chi connectivity index (χ0) is 17.8. The normalized spacial score (nSPS) is 10.5. The Labute approximate surface area is 151 Å². The van der Waals surface area contributed by atoms with Crippen LogP contribution in [0, 0.1) is 13.8 Å². The second-order valence-corrected chi connectivity index (χ2v) is 6.75. The number of aromatic nitrogens is 2. The standard InChI is InChI=1S/C19H20N4OS/c1-12-4-7-14(8-5-12)25-19-17(20)18(21-11-22-19)23-15-10-13(2)6-9-16(15)24-3/h4-11H,20H2,1-3H3,(H,21,22,23). The van der Waals surface area contributed by atoms with Crippen molar-refractivity contribution >= 4 is 29.0 Å². The van der Waals surface area contributed by atoms with Crippen LogP contribution >= 0.6 is 11.8 Å². The van der Waals surface area contributed by atoms with Gasteiger partial charge in [-0.3, -0.25) is 0 Å². The number of anilines is 3. The predicted octanol–water partition coefficient (Wildman–Crippen LogP) is 4.58. The first kappa shape index (κ1) is 17.1. The first-order valence-electron chi connectivity index (χ1n) is 7.83. The van der Waals surface area contributed by atoms with Crippen molar-refractivity contribution < 1.29 is 4.74 Å². The Morgan fingerprint density at radius 2 is 1.72 bits per heavy atom. The van der Waals surface area contributed by atoms with Crippen molar-refractivity contribution in [3.63, 3.8) is 0 Å². The number of methoxy groups -OCH3 is 1. The molecule has 0 saturated carbocycles. The summed E-state index contributed by atoms with van der Waals surface area (Å²) in [6.07, 6.45) is 1.51. The van der Waals surface area contributed by atoms with Crippen LogP contribution in [0.5, 0.6) is 5.75 Å². The van der Waals surface area contributed by atoms with Crippen molar-refractivity contribution in [3.8, 4) is 5.75 Å². The molecule has 0 amide bonds. The highest BCUT2D eigenvalue weighted by molar-refractivity contribution is 7.99. The van der Waals surface area contributed by atoms with Gasteiger partial charge >= 0.3 is 0 Å². The van der Waals surface area contributed by atoms with Gasteiger partial charge in [0.1, 0.15) is 22.8 Å². The van der Waals surface area contributed by atoms with Gasteiger partial charge in [0.05, 0.1) is 12.8 Å². The zero-order valence-corrected chi connectivity index (χ0v) is 15.2. The Kier molecular flexibility index (Phi) is 5.09. The molecule has 0 atom stereocenters. The van der Waals surface area contributed by atoms with Crippen molar-refractivity contribution in [3.05, 3.63) is 59.9 Å². The quantitative estimate of drug-likeness (QED) is 0.655. The van der Waals surface area contributed by atoms with Gasteiger partial charge in [0.2, 0.25) is 0 Å². The van der Waals surface area contributed by atoms with E-state index in [1.165, 1.54) is 23.7 Å². The molecule has 2 aromatic carbocycles. The van der Waals surface area contributed by atoms with E-state index in [2.05, 4.69) is 46.5 Å². The molecule has 0 spiro atoms. The van der Waals surface area contributed by atoms with E-state index in [4.69, 9.17) is 10.5 Å². The molecule has 1 aromatic heterocycles. The van der Waals surface area contributed by atoms with Gasteiger partial charge in [-0.2, -0.15) is 0 Å². The summed E-state index contributed by atoms with van der Waals surface area (Å²) in [6.45, 7) is 4.08. The molecule has 0 saturated heterocycles. The van der Waals surface area contributed by atoms with Crippen LogP contribution in [0.25, 0.3) is 0 Å². The smallest absolute Gasteiger partial charge is 0.158 e. The third kappa shape index (κ3) is 4.03. The third-order valence-electron chi connectivity index (χ3n) is 3.69. The lowest BCUT2D eigenvalue weighted by Crippen LogP contribution is -2.03. The fourth-order valence-electron chi connectivity index (χ4n) is 2.33. The molecule has 5 nitrogen and oxygen atoms in total. The molecule has 1 heterocycles. The van der Waals surface area contributed by atoms with Crippen LogP contribution < -0.4 is 15.8 Å². The maximum atomic E-state index is 6.29. The molecule has 25 heavy (non-hydrogen) atoms.